The molecule has 0 bridgehead atoms. The van der Waals surface area contributed by atoms with Gasteiger partial charge >= 0.3 is 0 Å². The molecule has 1 aromatic heterocycles. The molecule has 1 aromatic rings. The van der Waals surface area contributed by atoms with Crippen LogP contribution in [-0.2, 0) is 6.42 Å². The fraction of sp³-hybridized carbons (Fsp3) is 0.600. The molecule has 2 N–H and O–H groups in total. The molecule has 0 amide bonds. The normalized spacial score (nSPS) is 11.0. The first kappa shape index (κ1) is 13.4. The van der Waals surface area contributed by atoms with Gasteiger partial charge in [-0.1, -0.05) is 13.8 Å². The topological polar surface area (TPSA) is 69.2 Å². The third-order valence-electron chi connectivity index (χ3n) is 2.45. The Bertz CT molecular complexity index is 402. The highest BCUT2D eigenvalue weighted by molar-refractivity contribution is 14.1. The second-order valence-corrected chi connectivity index (χ2v) is 4.51. The predicted octanol–water partition coefficient (Wildman–Crippen LogP) is 0.964. The molecule has 0 aliphatic carbocycles. The van der Waals surface area contributed by atoms with Crippen LogP contribution in [0.3, 0.4) is 0 Å². The van der Waals surface area contributed by atoms with E-state index in [9.17, 15) is 9.90 Å². The van der Waals surface area contributed by atoms with E-state index in [0.29, 0.717) is 12.2 Å². The standard InChI is InChI=1S/C10H16IN3O2/c1-3-14(4-2)6-5-7-12-9(15)8(11)10(16)13-7/h3-6H2,1-2H3,(H2,12,13,15,16). The van der Waals surface area contributed by atoms with Crippen molar-refractivity contribution in [3.8, 4) is 5.88 Å². The average molecular weight is 337 g/mol. The van der Waals surface area contributed by atoms with Gasteiger partial charge in [0.05, 0.1) is 0 Å². The summed E-state index contributed by atoms with van der Waals surface area (Å²) in [4.78, 5) is 20.2. The van der Waals surface area contributed by atoms with E-state index in [1.165, 1.54) is 0 Å². The summed E-state index contributed by atoms with van der Waals surface area (Å²) in [6.45, 7) is 6.94. The number of halogens is 1. The fourth-order valence-corrected chi connectivity index (χ4v) is 1.67. The Morgan fingerprint density at radius 3 is 2.56 bits per heavy atom. The molecule has 1 rings (SSSR count). The van der Waals surface area contributed by atoms with Crippen LogP contribution in [0, 0.1) is 3.57 Å². The van der Waals surface area contributed by atoms with Crippen LogP contribution in [-0.4, -0.2) is 39.6 Å². The summed E-state index contributed by atoms with van der Waals surface area (Å²) in [6.07, 6.45) is 0.640. The van der Waals surface area contributed by atoms with E-state index in [0.717, 1.165) is 19.6 Å². The van der Waals surface area contributed by atoms with Gasteiger partial charge in [0.2, 0.25) is 5.88 Å². The molecule has 0 aliphatic rings. The first-order valence-corrected chi connectivity index (χ1v) is 6.36. The lowest BCUT2D eigenvalue weighted by atomic mass is 10.3. The van der Waals surface area contributed by atoms with E-state index in [1.807, 2.05) is 0 Å². The summed E-state index contributed by atoms with van der Waals surface area (Å²) >= 11 is 1.78. The molecule has 16 heavy (non-hydrogen) atoms. The molecule has 0 atom stereocenters. The third-order valence-corrected chi connectivity index (χ3v) is 3.43. The molecular formula is C10H16IN3O2. The van der Waals surface area contributed by atoms with Crippen molar-refractivity contribution in [1.29, 1.82) is 0 Å². The van der Waals surface area contributed by atoms with Gasteiger partial charge in [-0.05, 0) is 35.7 Å². The Kier molecular flexibility index (Phi) is 5.20. The number of hydrogen-bond acceptors (Lipinski definition) is 4. The van der Waals surface area contributed by atoms with Crippen LogP contribution in [0.15, 0.2) is 4.79 Å². The van der Waals surface area contributed by atoms with E-state index in [2.05, 4.69) is 28.7 Å². The van der Waals surface area contributed by atoms with Crippen LogP contribution in [0.2, 0.25) is 0 Å². The van der Waals surface area contributed by atoms with Crippen LogP contribution in [0.25, 0.3) is 0 Å². The van der Waals surface area contributed by atoms with Crippen LogP contribution < -0.4 is 5.56 Å². The number of nitrogens with zero attached hydrogens (tertiary/aromatic N) is 2. The highest BCUT2D eigenvalue weighted by Gasteiger charge is 2.08. The molecule has 0 aliphatic heterocycles. The molecule has 6 heteroatoms. The number of hydrogen-bond donors (Lipinski definition) is 2. The zero-order valence-corrected chi connectivity index (χ0v) is 11.6. The summed E-state index contributed by atoms with van der Waals surface area (Å²) in [5.41, 5.74) is -0.275. The summed E-state index contributed by atoms with van der Waals surface area (Å²) in [5.74, 6) is 0.355. The lowest BCUT2D eigenvalue weighted by Gasteiger charge is -2.17. The maximum absolute atomic E-state index is 11.4. The number of rotatable bonds is 5. The minimum Gasteiger partial charge on any atom is -0.492 e. The van der Waals surface area contributed by atoms with Crippen LogP contribution in [0.5, 0.6) is 5.88 Å². The van der Waals surface area contributed by atoms with Crippen molar-refractivity contribution in [3.63, 3.8) is 0 Å². The maximum Gasteiger partial charge on any atom is 0.268 e. The number of aromatic amines is 1. The van der Waals surface area contributed by atoms with Gasteiger partial charge in [-0.25, -0.2) is 0 Å². The van der Waals surface area contributed by atoms with E-state index < -0.39 is 0 Å². The van der Waals surface area contributed by atoms with Gasteiger partial charge < -0.3 is 15.0 Å². The van der Waals surface area contributed by atoms with Gasteiger partial charge in [0.15, 0.2) is 0 Å². The van der Waals surface area contributed by atoms with Crippen LogP contribution in [0.1, 0.15) is 19.7 Å². The van der Waals surface area contributed by atoms with E-state index in [1.54, 1.807) is 22.6 Å². The van der Waals surface area contributed by atoms with Crippen molar-refractivity contribution in [3.05, 3.63) is 19.7 Å². The monoisotopic (exact) mass is 337 g/mol. The molecule has 0 fully saturated rings. The SMILES string of the molecule is CCN(CC)CCc1nc(O)c(I)c(=O)[nH]1. The molecule has 0 saturated carbocycles. The third kappa shape index (κ3) is 3.44. The fourth-order valence-electron chi connectivity index (χ4n) is 1.41. The van der Waals surface area contributed by atoms with Gasteiger partial charge in [-0.3, -0.25) is 4.79 Å². The average Bonchev–Trinajstić information content (AvgIpc) is 2.27. The van der Waals surface area contributed by atoms with Crippen molar-refractivity contribution in [1.82, 2.24) is 14.9 Å². The minimum atomic E-state index is -0.275. The summed E-state index contributed by atoms with van der Waals surface area (Å²) in [6, 6.07) is 0. The molecule has 5 nitrogen and oxygen atoms in total. The quantitative estimate of drug-likeness (QED) is 0.786. The van der Waals surface area contributed by atoms with Crippen molar-refractivity contribution in [2.45, 2.75) is 20.3 Å². The number of aromatic nitrogens is 2. The zero-order chi connectivity index (χ0) is 12.1. The molecule has 90 valence electrons. The summed E-state index contributed by atoms with van der Waals surface area (Å²) < 4.78 is 0.240. The van der Waals surface area contributed by atoms with Crippen molar-refractivity contribution in [2.24, 2.45) is 0 Å². The second kappa shape index (κ2) is 6.19. The van der Waals surface area contributed by atoms with Crippen LogP contribution >= 0.6 is 22.6 Å². The number of H-pyrrole nitrogens is 1. The number of aromatic hydroxyl groups is 1. The summed E-state index contributed by atoms with van der Waals surface area (Å²) in [5, 5.41) is 9.41. The maximum atomic E-state index is 11.4. The van der Waals surface area contributed by atoms with Gasteiger partial charge in [-0.15, -0.1) is 0 Å². The van der Waals surface area contributed by atoms with Gasteiger partial charge in [0.1, 0.15) is 9.39 Å². The highest BCUT2D eigenvalue weighted by atomic mass is 127. The minimum absolute atomic E-state index is 0.182. The van der Waals surface area contributed by atoms with E-state index in [4.69, 9.17) is 0 Å². The molecular weight excluding hydrogens is 321 g/mol. The Morgan fingerprint density at radius 2 is 2.06 bits per heavy atom. The smallest absolute Gasteiger partial charge is 0.268 e. The van der Waals surface area contributed by atoms with E-state index >= 15 is 0 Å². The van der Waals surface area contributed by atoms with E-state index in [-0.39, 0.29) is 15.0 Å². The Labute approximate surface area is 108 Å². The molecule has 0 unspecified atom stereocenters. The molecule has 0 spiro atoms. The lowest BCUT2D eigenvalue weighted by molar-refractivity contribution is 0.305. The summed E-state index contributed by atoms with van der Waals surface area (Å²) in [7, 11) is 0. The Morgan fingerprint density at radius 1 is 1.44 bits per heavy atom. The molecule has 0 aromatic carbocycles. The second-order valence-electron chi connectivity index (χ2n) is 3.43. The lowest BCUT2D eigenvalue weighted by Crippen LogP contribution is -2.26. The Balaban J connectivity index is 2.72. The number of likely N-dealkylation sites (N-methyl/N-ethyl adjacent to an activating group) is 1. The predicted molar refractivity (Wildman–Crippen MR) is 70.7 cm³/mol. The molecule has 0 radical (unpaired) electrons. The molecule has 0 saturated heterocycles. The van der Waals surface area contributed by atoms with Crippen molar-refractivity contribution in [2.75, 3.05) is 19.6 Å². The van der Waals surface area contributed by atoms with Crippen LogP contribution in [0.4, 0.5) is 0 Å². The van der Waals surface area contributed by atoms with Gasteiger partial charge in [0, 0.05) is 13.0 Å². The molecule has 1 heterocycles. The first-order chi connectivity index (χ1) is 7.58. The van der Waals surface area contributed by atoms with Gasteiger partial charge in [-0.2, -0.15) is 4.98 Å². The first-order valence-electron chi connectivity index (χ1n) is 5.28. The zero-order valence-electron chi connectivity index (χ0n) is 9.46. The largest absolute Gasteiger partial charge is 0.492 e. The Hall–Kier alpha value is -0.630. The highest BCUT2D eigenvalue weighted by Crippen LogP contribution is 2.10. The number of nitrogens with one attached hydrogen (secondary N) is 1. The van der Waals surface area contributed by atoms with Crippen molar-refractivity contribution >= 4 is 22.6 Å². The van der Waals surface area contributed by atoms with Crippen molar-refractivity contribution < 1.29 is 5.11 Å². The van der Waals surface area contributed by atoms with Gasteiger partial charge in [0.25, 0.3) is 5.56 Å².